The molecule has 1 N–H and O–H groups in total. The molecular formula is C17H17N5O2. The average Bonchev–Trinajstić information content (AvgIpc) is 3.35. The molecular weight excluding hydrogens is 306 g/mol. The van der Waals surface area contributed by atoms with Gasteiger partial charge in [0.2, 0.25) is 5.89 Å². The summed E-state index contributed by atoms with van der Waals surface area (Å²) < 4.78 is 5.26. The number of aryl methyl sites for hydroxylation is 1. The van der Waals surface area contributed by atoms with E-state index in [2.05, 4.69) is 20.3 Å². The Morgan fingerprint density at radius 3 is 2.92 bits per heavy atom. The molecule has 122 valence electrons. The fourth-order valence-corrected chi connectivity index (χ4v) is 3.06. The number of nitrogens with one attached hydrogen (secondary N) is 1. The van der Waals surface area contributed by atoms with Crippen LogP contribution in [0, 0.1) is 6.92 Å². The van der Waals surface area contributed by atoms with E-state index in [1.165, 1.54) is 0 Å². The minimum absolute atomic E-state index is 0.0944. The summed E-state index contributed by atoms with van der Waals surface area (Å²) in [6, 6.07) is 11.4. The van der Waals surface area contributed by atoms with Crippen LogP contribution in [0.1, 0.15) is 41.1 Å². The standard InChI is InChI=1S/C17H17N5O2/c1-11-18-16(24-21-11)15-8-5-9-22(15)17(23)14-10-13(19-20-14)12-6-3-2-4-7-12/h2-4,6-7,10,15H,5,8-9H2,1H3,(H,19,20)/t15-/m0/s1. The van der Waals surface area contributed by atoms with Crippen LogP contribution in [0.15, 0.2) is 40.9 Å². The van der Waals surface area contributed by atoms with Crippen LogP contribution in [-0.4, -0.2) is 37.7 Å². The zero-order chi connectivity index (χ0) is 16.5. The number of likely N-dealkylation sites (tertiary alicyclic amines) is 1. The molecule has 4 rings (SSSR count). The molecule has 7 nitrogen and oxygen atoms in total. The number of nitrogens with zero attached hydrogens (tertiary/aromatic N) is 4. The topological polar surface area (TPSA) is 87.9 Å². The van der Waals surface area contributed by atoms with E-state index in [0.717, 1.165) is 24.1 Å². The smallest absolute Gasteiger partial charge is 0.272 e. The predicted molar refractivity (Wildman–Crippen MR) is 86.1 cm³/mol. The Bertz CT molecular complexity index is 855. The Morgan fingerprint density at radius 2 is 2.17 bits per heavy atom. The quantitative estimate of drug-likeness (QED) is 0.800. The minimum atomic E-state index is -0.165. The predicted octanol–water partition coefficient (Wildman–Crippen LogP) is 2.75. The third-order valence-corrected chi connectivity index (χ3v) is 4.22. The SMILES string of the molecule is Cc1noc([C@@H]2CCCN2C(=O)c2cc(-c3ccccc3)n[nH]2)n1. The highest BCUT2D eigenvalue weighted by molar-refractivity contribution is 5.93. The van der Waals surface area contributed by atoms with Gasteiger partial charge < -0.3 is 9.42 Å². The lowest BCUT2D eigenvalue weighted by molar-refractivity contribution is 0.0704. The van der Waals surface area contributed by atoms with Crippen LogP contribution >= 0.6 is 0 Å². The highest BCUT2D eigenvalue weighted by Gasteiger charge is 2.35. The van der Waals surface area contributed by atoms with Crippen molar-refractivity contribution >= 4 is 5.91 Å². The van der Waals surface area contributed by atoms with Crippen molar-refractivity contribution in [2.24, 2.45) is 0 Å². The van der Waals surface area contributed by atoms with Crippen LogP contribution in [0.25, 0.3) is 11.3 Å². The summed E-state index contributed by atoms with van der Waals surface area (Å²) in [5.41, 5.74) is 2.19. The van der Waals surface area contributed by atoms with E-state index in [4.69, 9.17) is 4.52 Å². The van der Waals surface area contributed by atoms with Crippen molar-refractivity contribution in [2.75, 3.05) is 6.54 Å². The Balaban J connectivity index is 1.58. The Labute approximate surface area is 138 Å². The molecule has 3 heterocycles. The van der Waals surface area contributed by atoms with Gasteiger partial charge in [-0.15, -0.1) is 0 Å². The number of benzene rings is 1. The summed E-state index contributed by atoms with van der Waals surface area (Å²) in [5.74, 6) is 0.987. The number of carbonyl (C=O) groups is 1. The summed E-state index contributed by atoms with van der Waals surface area (Å²) in [4.78, 5) is 18.9. The van der Waals surface area contributed by atoms with Gasteiger partial charge in [-0.25, -0.2) is 0 Å². The second kappa shape index (κ2) is 5.92. The normalized spacial score (nSPS) is 17.4. The number of aromatic amines is 1. The van der Waals surface area contributed by atoms with Gasteiger partial charge in [0.15, 0.2) is 5.82 Å². The van der Waals surface area contributed by atoms with Crippen LogP contribution in [0.4, 0.5) is 0 Å². The summed E-state index contributed by atoms with van der Waals surface area (Å²) in [5, 5.41) is 10.9. The summed E-state index contributed by atoms with van der Waals surface area (Å²) >= 11 is 0. The summed E-state index contributed by atoms with van der Waals surface area (Å²) in [7, 11) is 0. The molecule has 1 aromatic carbocycles. The molecule has 7 heteroatoms. The molecule has 0 unspecified atom stereocenters. The molecule has 1 aliphatic rings. The molecule has 24 heavy (non-hydrogen) atoms. The monoisotopic (exact) mass is 323 g/mol. The van der Waals surface area contributed by atoms with Gasteiger partial charge in [-0.2, -0.15) is 10.1 Å². The van der Waals surface area contributed by atoms with Crippen LogP contribution < -0.4 is 0 Å². The number of rotatable bonds is 3. The second-order valence-corrected chi connectivity index (χ2v) is 5.87. The molecule has 1 atom stereocenters. The maximum absolute atomic E-state index is 12.8. The van der Waals surface area contributed by atoms with E-state index in [-0.39, 0.29) is 11.9 Å². The Kier molecular flexibility index (Phi) is 3.60. The first kappa shape index (κ1) is 14.6. The van der Waals surface area contributed by atoms with Crippen molar-refractivity contribution in [3.8, 4) is 11.3 Å². The van der Waals surface area contributed by atoms with Gasteiger partial charge in [-0.05, 0) is 25.8 Å². The van der Waals surface area contributed by atoms with Crippen molar-refractivity contribution < 1.29 is 9.32 Å². The van der Waals surface area contributed by atoms with Crippen LogP contribution in [0.2, 0.25) is 0 Å². The highest BCUT2D eigenvalue weighted by atomic mass is 16.5. The fraction of sp³-hybridized carbons (Fsp3) is 0.294. The lowest BCUT2D eigenvalue weighted by Crippen LogP contribution is -2.31. The summed E-state index contributed by atoms with van der Waals surface area (Å²) in [6.07, 6.45) is 1.74. The number of hydrogen-bond donors (Lipinski definition) is 1. The fourth-order valence-electron chi connectivity index (χ4n) is 3.06. The lowest BCUT2D eigenvalue weighted by Gasteiger charge is -2.20. The summed E-state index contributed by atoms with van der Waals surface area (Å²) in [6.45, 7) is 2.44. The van der Waals surface area contributed by atoms with Crippen LogP contribution in [0.3, 0.4) is 0 Å². The maximum atomic E-state index is 12.8. The number of hydrogen-bond acceptors (Lipinski definition) is 5. The molecule has 3 aromatic rings. The largest absolute Gasteiger partial charge is 0.337 e. The van der Waals surface area contributed by atoms with Gasteiger partial charge in [-0.1, -0.05) is 35.5 Å². The first-order valence-corrected chi connectivity index (χ1v) is 7.94. The molecule has 0 radical (unpaired) electrons. The highest BCUT2D eigenvalue weighted by Crippen LogP contribution is 2.32. The number of H-pyrrole nitrogens is 1. The van der Waals surface area contributed by atoms with E-state index in [1.807, 2.05) is 30.3 Å². The second-order valence-electron chi connectivity index (χ2n) is 5.87. The first-order valence-electron chi connectivity index (χ1n) is 7.94. The molecule has 1 amide bonds. The van der Waals surface area contributed by atoms with E-state index >= 15 is 0 Å². The molecule has 1 fully saturated rings. The Morgan fingerprint density at radius 1 is 1.33 bits per heavy atom. The van der Waals surface area contributed by atoms with Crippen molar-refractivity contribution in [2.45, 2.75) is 25.8 Å². The molecule has 0 aliphatic carbocycles. The van der Waals surface area contributed by atoms with Gasteiger partial charge in [0.05, 0.1) is 5.69 Å². The first-order chi connectivity index (χ1) is 11.7. The number of amides is 1. The van der Waals surface area contributed by atoms with Gasteiger partial charge >= 0.3 is 0 Å². The zero-order valence-corrected chi connectivity index (χ0v) is 13.3. The molecule has 0 spiro atoms. The van der Waals surface area contributed by atoms with Crippen molar-refractivity contribution in [3.05, 3.63) is 53.8 Å². The molecule has 0 bridgehead atoms. The molecule has 1 aliphatic heterocycles. The third-order valence-electron chi connectivity index (χ3n) is 4.22. The third kappa shape index (κ3) is 2.58. The average molecular weight is 323 g/mol. The lowest BCUT2D eigenvalue weighted by atomic mass is 10.1. The number of aromatic nitrogens is 4. The zero-order valence-electron chi connectivity index (χ0n) is 13.3. The van der Waals surface area contributed by atoms with E-state index < -0.39 is 0 Å². The van der Waals surface area contributed by atoms with E-state index in [0.29, 0.717) is 24.0 Å². The van der Waals surface area contributed by atoms with Gasteiger partial charge in [0.25, 0.3) is 5.91 Å². The van der Waals surface area contributed by atoms with Gasteiger partial charge in [0.1, 0.15) is 11.7 Å². The van der Waals surface area contributed by atoms with E-state index in [1.54, 1.807) is 17.9 Å². The molecule has 1 saturated heterocycles. The van der Waals surface area contributed by atoms with Gasteiger partial charge in [-0.3, -0.25) is 9.89 Å². The maximum Gasteiger partial charge on any atom is 0.272 e. The van der Waals surface area contributed by atoms with Crippen LogP contribution in [-0.2, 0) is 0 Å². The van der Waals surface area contributed by atoms with Crippen LogP contribution in [0.5, 0.6) is 0 Å². The van der Waals surface area contributed by atoms with Gasteiger partial charge in [0, 0.05) is 12.1 Å². The molecule has 0 saturated carbocycles. The molecule has 2 aromatic heterocycles. The van der Waals surface area contributed by atoms with E-state index in [9.17, 15) is 4.79 Å². The minimum Gasteiger partial charge on any atom is -0.337 e. The number of carbonyl (C=O) groups excluding carboxylic acids is 1. The van der Waals surface area contributed by atoms with Crippen molar-refractivity contribution in [3.63, 3.8) is 0 Å². The van der Waals surface area contributed by atoms with Crippen molar-refractivity contribution in [1.82, 2.24) is 25.2 Å². The van der Waals surface area contributed by atoms with Crippen molar-refractivity contribution in [1.29, 1.82) is 0 Å². The Hall–Kier alpha value is -2.96.